The lowest BCUT2D eigenvalue weighted by atomic mass is 9.99. The fourth-order valence-corrected chi connectivity index (χ4v) is 5.09. The smallest absolute Gasteiger partial charge is 0.191 e. The fraction of sp³-hybridized carbons (Fsp3) is 0.773. The molecule has 0 amide bonds. The summed E-state index contributed by atoms with van der Waals surface area (Å²) in [5, 5.41) is 9.23. The second-order valence-corrected chi connectivity index (χ2v) is 9.44. The lowest BCUT2D eigenvalue weighted by molar-refractivity contribution is -0.0334. The molecule has 0 aromatic carbocycles. The third kappa shape index (κ3) is 7.24. The standard InChI is InChI=1S/C22H39N5OS/c1-18-7-11-26(12-8-18)10-5-9-24-22(23-3)25-16-20(21-6-4-15-29-21)27-13-14-28-19(2)17-27/h4,6,15,18-20H,5,7-14,16-17H2,1-3H3,(H2,23,24,25). The van der Waals surface area contributed by atoms with Crippen LogP contribution in [0.5, 0.6) is 0 Å². The van der Waals surface area contributed by atoms with E-state index in [4.69, 9.17) is 4.74 Å². The third-order valence-electron chi connectivity index (χ3n) is 6.09. The van der Waals surface area contributed by atoms with Crippen molar-refractivity contribution < 1.29 is 4.74 Å². The fourth-order valence-electron chi connectivity index (χ4n) is 4.23. The Morgan fingerprint density at radius 1 is 1.28 bits per heavy atom. The van der Waals surface area contributed by atoms with Gasteiger partial charge in [0.1, 0.15) is 0 Å². The Hall–Kier alpha value is -1.15. The normalized spacial score (nSPS) is 23.8. The summed E-state index contributed by atoms with van der Waals surface area (Å²) < 4.78 is 5.74. The SMILES string of the molecule is CN=C(NCCCN1CCC(C)CC1)NCC(c1cccs1)N1CCOC(C)C1. The lowest BCUT2D eigenvalue weighted by Gasteiger charge is -2.37. The molecule has 0 aliphatic carbocycles. The molecule has 2 aliphatic rings. The van der Waals surface area contributed by atoms with Crippen molar-refractivity contribution in [3.63, 3.8) is 0 Å². The number of likely N-dealkylation sites (tertiary alicyclic amines) is 1. The number of piperidine rings is 1. The number of aliphatic imine (C=N–C) groups is 1. The number of nitrogens with one attached hydrogen (secondary N) is 2. The molecule has 3 heterocycles. The molecular weight excluding hydrogens is 382 g/mol. The molecule has 2 unspecified atom stereocenters. The van der Waals surface area contributed by atoms with E-state index >= 15 is 0 Å². The molecule has 6 nitrogen and oxygen atoms in total. The Morgan fingerprint density at radius 2 is 2.10 bits per heavy atom. The highest BCUT2D eigenvalue weighted by atomic mass is 32.1. The van der Waals surface area contributed by atoms with Gasteiger partial charge in [-0.2, -0.15) is 0 Å². The summed E-state index contributed by atoms with van der Waals surface area (Å²) in [5.74, 6) is 1.80. The largest absolute Gasteiger partial charge is 0.376 e. The van der Waals surface area contributed by atoms with Crippen LogP contribution in [-0.2, 0) is 4.74 Å². The lowest BCUT2D eigenvalue weighted by Crippen LogP contribution is -2.48. The van der Waals surface area contributed by atoms with E-state index in [0.717, 1.165) is 51.1 Å². The van der Waals surface area contributed by atoms with Crippen molar-refractivity contribution in [2.45, 2.75) is 45.3 Å². The van der Waals surface area contributed by atoms with Crippen molar-refractivity contribution in [3.05, 3.63) is 22.4 Å². The number of nitrogens with zero attached hydrogens (tertiary/aromatic N) is 3. The first kappa shape index (κ1) is 22.5. The zero-order valence-electron chi connectivity index (χ0n) is 18.4. The Balaban J connectivity index is 1.42. The molecule has 0 bridgehead atoms. The molecule has 2 fully saturated rings. The summed E-state index contributed by atoms with van der Waals surface area (Å²) in [4.78, 5) is 11.0. The van der Waals surface area contributed by atoms with Gasteiger partial charge < -0.3 is 20.3 Å². The van der Waals surface area contributed by atoms with Gasteiger partial charge in [0.25, 0.3) is 0 Å². The average molecular weight is 422 g/mol. The van der Waals surface area contributed by atoms with Crippen molar-refractivity contribution in [1.29, 1.82) is 0 Å². The van der Waals surface area contributed by atoms with Gasteiger partial charge in [0.15, 0.2) is 5.96 Å². The molecule has 0 spiro atoms. The number of ether oxygens (including phenoxy) is 1. The minimum Gasteiger partial charge on any atom is -0.376 e. The quantitative estimate of drug-likeness (QED) is 0.384. The number of guanidine groups is 1. The van der Waals surface area contributed by atoms with Gasteiger partial charge in [-0.05, 0) is 63.2 Å². The van der Waals surface area contributed by atoms with Crippen LogP contribution in [0.15, 0.2) is 22.5 Å². The van der Waals surface area contributed by atoms with Gasteiger partial charge in [-0.25, -0.2) is 0 Å². The van der Waals surface area contributed by atoms with E-state index in [2.05, 4.69) is 56.8 Å². The predicted octanol–water partition coefficient (Wildman–Crippen LogP) is 2.80. The molecule has 1 aromatic heterocycles. The molecule has 0 radical (unpaired) electrons. The summed E-state index contributed by atoms with van der Waals surface area (Å²) in [6.07, 6.45) is 4.15. The zero-order valence-corrected chi connectivity index (χ0v) is 19.2. The molecule has 2 atom stereocenters. The van der Waals surface area contributed by atoms with Gasteiger partial charge in [0.05, 0.1) is 18.8 Å². The van der Waals surface area contributed by atoms with Crippen molar-refractivity contribution >= 4 is 17.3 Å². The van der Waals surface area contributed by atoms with Crippen molar-refractivity contribution in [2.75, 3.05) is 59.5 Å². The van der Waals surface area contributed by atoms with Crippen LogP contribution < -0.4 is 10.6 Å². The van der Waals surface area contributed by atoms with Gasteiger partial charge in [0.2, 0.25) is 0 Å². The molecule has 3 rings (SSSR count). The first-order chi connectivity index (χ1) is 14.2. The maximum absolute atomic E-state index is 5.74. The average Bonchev–Trinajstić information content (AvgIpc) is 3.25. The molecule has 2 N–H and O–H groups in total. The van der Waals surface area contributed by atoms with Crippen LogP contribution in [0.4, 0.5) is 0 Å². The summed E-state index contributed by atoms with van der Waals surface area (Å²) in [7, 11) is 1.86. The Morgan fingerprint density at radius 3 is 2.79 bits per heavy atom. The summed E-state index contributed by atoms with van der Waals surface area (Å²) in [6, 6.07) is 4.74. The summed E-state index contributed by atoms with van der Waals surface area (Å²) >= 11 is 1.83. The molecular formula is C22H39N5OS. The van der Waals surface area contributed by atoms with E-state index in [9.17, 15) is 0 Å². The topological polar surface area (TPSA) is 52.1 Å². The Bertz CT molecular complexity index is 600. The minimum atomic E-state index is 0.293. The van der Waals surface area contributed by atoms with E-state index in [1.54, 1.807) is 0 Å². The van der Waals surface area contributed by atoms with E-state index < -0.39 is 0 Å². The molecule has 29 heavy (non-hydrogen) atoms. The Labute approximate surface area is 180 Å². The van der Waals surface area contributed by atoms with Gasteiger partial charge in [-0.3, -0.25) is 9.89 Å². The van der Waals surface area contributed by atoms with Gasteiger partial charge in [-0.1, -0.05) is 13.0 Å². The van der Waals surface area contributed by atoms with Crippen LogP contribution in [0.2, 0.25) is 0 Å². The van der Waals surface area contributed by atoms with Gasteiger partial charge >= 0.3 is 0 Å². The number of morpholine rings is 1. The number of hydrogen-bond acceptors (Lipinski definition) is 5. The highest BCUT2D eigenvalue weighted by Gasteiger charge is 2.26. The zero-order chi connectivity index (χ0) is 20.5. The van der Waals surface area contributed by atoms with Crippen molar-refractivity contribution in [3.8, 4) is 0 Å². The second-order valence-electron chi connectivity index (χ2n) is 8.47. The molecule has 1 aromatic rings. The monoisotopic (exact) mass is 421 g/mol. The molecule has 164 valence electrons. The van der Waals surface area contributed by atoms with Gasteiger partial charge in [-0.15, -0.1) is 11.3 Å². The van der Waals surface area contributed by atoms with Crippen LogP contribution in [0.1, 0.15) is 44.0 Å². The molecule has 2 saturated heterocycles. The maximum Gasteiger partial charge on any atom is 0.191 e. The van der Waals surface area contributed by atoms with Crippen LogP contribution in [0, 0.1) is 5.92 Å². The second kappa shape index (κ2) is 11.9. The summed E-state index contributed by atoms with van der Waals surface area (Å²) in [6.45, 7) is 12.8. The van der Waals surface area contributed by atoms with E-state index in [0.29, 0.717) is 12.1 Å². The summed E-state index contributed by atoms with van der Waals surface area (Å²) in [5.41, 5.74) is 0. The highest BCUT2D eigenvalue weighted by Crippen LogP contribution is 2.26. The number of hydrogen-bond donors (Lipinski definition) is 2. The van der Waals surface area contributed by atoms with Crippen molar-refractivity contribution in [2.24, 2.45) is 10.9 Å². The Kier molecular flexibility index (Phi) is 9.24. The number of rotatable bonds is 8. The van der Waals surface area contributed by atoms with Crippen molar-refractivity contribution in [1.82, 2.24) is 20.4 Å². The molecule has 7 heteroatoms. The van der Waals surface area contributed by atoms with Gasteiger partial charge in [0, 0.05) is 38.1 Å². The highest BCUT2D eigenvalue weighted by molar-refractivity contribution is 7.10. The molecule has 0 saturated carbocycles. The van der Waals surface area contributed by atoms with Crippen LogP contribution >= 0.6 is 11.3 Å². The van der Waals surface area contributed by atoms with Crippen LogP contribution in [0.3, 0.4) is 0 Å². The maximum atomic E-state index is 5.74. The predicted molar refractivity (Wildman–Crippen MR) is 123 cm³/mol. The van der Waals surface area contributed by atoms with Crippen LogP contribution in [0.25, 0.3) is 0 Å². The van der Waals surface area contributed by atoms with E-state index in [1.807, 2.05) is 18.4 Å². The third-order valence-corrected chi connectivity index (χ3v) is 7.06. The first-order valence-electron chi connectivity index (χ1n) is 11.2. The molecule has 2 aliphatic heterocycles. The van der Waals surface area contributed by atoms with Crippen LogP contribution in [-0.4, -0.2) is 81.3 Å². The van der Waals surface area contributed by atoms with E-state index in [1.165, 1.54) is 37.4 Å². The first-order valence-corrected chi connectivity index (χ1v) is 12.1. The minimum absolute atomic E-state index is 0.293. The van der Waals surface area contributed by atoms with E-state index in [-0.39, 0.29) is 0 Å². The number of thiophene rings is 1.